The Labute approximate surface area is 144 Å². The quantitative estimate of drug-likeness (QED) is 0.887. The van der Waals surface area contributed by atoms with Gasteiger partial charge in [0.25, 0.3) is 0 Å². The lowest BCUT2D eigenvalue weighted by Crippen LogP contribution is -2.37. The molecule has 4 rings (SSSR count). The molecule has 0 amide bonds. The summed E-state index contributed by atoms with van der Waals surface area (Å²) in [6, 6.07) is 11.6. The van der Waals surface area contributed by atoms with Gasteiger partial charge in [-0.2, -0.15) is 0 Å². The molecule has 0 radical (unpaired) electrons. The fourth-order valence-electron chi connectivity index (χ4n) is 4.30. The Morgan fingerprint density at radius 2 is 2.04 bits per heavy atom. The zero-order valence-electron chi connectivity index (χ0n) is 14.6. The molecule has 4 nitrogen and oxygen atoms in total. The van der Waals surface area contributed by atoms with Gasteiger partial charge in [-0.25, -0.2) is 4.98 Å². The number of hydrogen-bond acceptors (Lipinski definition) is 3. The molecule has 128 valence electrons. The fraction of sp³-hybridized carbons (Fsp3) is 0.550. The van der Waals surface area contributed by atoms with E-state index in [0.29, 0.717) is 5.41 Å². The van der Waals surface area contributed by atoms with Crippen LogP contribution in [0.3, 0.4) is 0 Å². The van der Waals surface area contributed by atoms with Crippen LogP contribution in [-0.4, -0.2) is 40.1 Å². The number of aryl methyl sites for hydroxylation is 1. The van der Waals surface area contributed by atoms with Crippen LogP contribution in [0.2, 0.25) is 0 Å². The van der Waals surface area contributed by atoms with Crippen molar-refractivity contribution in [3.8, 4) is 0 Å². The highest BCUT2D eigenvalue weighted by atomic mass is 15.2. The van der Waals surface area contributed by atoms with E-state index in [2.05, 4.69) is 63.3 Å². The molecule has 1 aromatic carbocycles. The van der Waals surface area contributed by atoms with E-state index in [1.165, 1.54) is 43.7 Å². The Morgan fingerprint density at radius 1 is 1.25 bits per heavy atom. The van der Waals surface area contributed by atoms with Crippen LogP contribution in [0.25, 0.3) is 0 Å². The lowest BCUT2D eigenvalue weighted by molar-refractivity contribution is 0.192. The third-order valence-electron chi connectivity index (χ3n) is 5.98. The summed E-state index contributed by atoms with van der Waals surface area (Å²) in [5, 5.41) is 3.52. The van der Waals surface area contributed by atoms with Crippen molar-refractivity contribution < 1.29 is 0 Å². The standard InChI is InChI=1S/C20H28N4/c1-23-14-12-22-19(23)16-24(13-7-17-5-3-2-4-6-17)18-15-20(18)8-10-21-11-9-20/h2-6,12,14,18,21H,7-11,13,15-16H2,1H3/t18-/m1/s1. The van der Waals surface area contributed by atoms with Crippen molar-refractivity contribution in [3.05, 3.63) is 54.1 Å². The van der Waals surface area contributed by atoms with E-state index in [4.69, 9.17) is 0 Å². The van der Waals surface area contributed by atoms with Crippen molar-refractivity contribution in [2.24, 2.45) is 12.5 Å². The van der Waals surface area contributed by atoms with Gasteiger partial charge in [-0.05, 0) is 49.8 Å². The number of rotatable bonds is 6. The van der Waals surface area contributed by atoms with Gasteiger partial charge in [-0.3, -0.25) is 4.90 Å². The highest BCUT2D eigenvalue weighted by Crippen LogP contribution is 2.55. The SMILES string of the molecule is Cn1ccnc1CN(CCc1ccccc1)[C@@H]1CC12CCNCC2. The average molecular weight is 324 g/mol. The summed E-state index contributed by atoms with van der Waals surface area (Å²) in [6.07, 6.45) is 9.12. The molecule has 1 spiro atoms. The molecule has 0 bridgehead atoms. The molecule has 0 unspecified atom stereocenters. The van der Waals surface area contributed by atoms with E-state index in [9.17, 15) is 0 Å². The Bertz CT molecular complexity index is 657. The minimum Gasteiger partial charge on any atom is -0.337 e. The molecule has 1 atom stereocenters. The molecule has 4 heteroatoms. The largest absolute Gasteiger partial charge is 0.337 e. The fourth-order valence-corrected chi connectivity index (χ4v) is 4.30. The Hall–Kier alpha value is -1.65. The zero-order valence-corrected chi connectivity index (χ0v) is 14.6. The smallest absolute Gasteiger partial charge is 0.122 e. The molecular formula is C20H28N4. The first kappa shape index (κ1) is 15.9. The van der Waals surface area contributed by atoms with Gasteiger partial charge < -0.3 is 9.88 Å². The van der Waals surface area contributed by atoms with Gasteiger partial charge in [0.1, 0.15) is 5.82 Å². The van der Waals surface area contributed by atoms with E-state index in [0.717, 1.165) is 25.6 Å². The minimum absolute atomic E-state index is 0.576. The van der Waals surface area contributed by atoms with E-state index < -0.39 is 0 Å². The maximum atomic E-state index is 4.56. The average Bonchev–Trinajstić information content (AvgIpc) is 3.14. The van der Waals surface area contributed by atoms with Crippen LogP contribution in [0.1, 0.15) is 30.7 Å². The second-order valence-corrected chi connectivity index (χ2v) is 7.49. The summed E-state index contributed by atoms with van der Waals surface area (Å²) in [7, 11) is 2.10. The number of benzene rings is 1. The maximum Gasteiger partial charge on any atom is 0.122 e. The minimum atomic E-state index is 0.576. The first-order valence-corrected chi connectivity index (χ1v) is 9.22. The number of piperidine rings is 1. The molecule has 2 aromatic rings. The van der Waals surface area contributed by atoms with Gasteiger partial charge >= 0.3 is 0 Å². The van der Waals surface area contributed by atoms with Gasteiger partial charge in [-0.1, -0.05) is 30.3 Å². The van der Waals surface area contributed by atoms with Gasteiger partial charge in [0.2, 0.25) is 0 Å². The molecule has 2 fully saturated rings. The Balaban J connectivity index is 1.46. The summed E-state index contributed by atoms with van der Waals surface area (Å²) < 4.78 is 2.16. The topological polar surface area (TPSA) is 33.1 Å². The van der Waals surface area contributed by atoms with Gasteiger partial charge in [-0.15, -0.1) is 0 Å². The van der Waals surface area contributed by atoms with Gasteiger partial charge in [0, 0.05) is 32.0 Å². The van der Waals surface area contributed by atoms with Crippen LogP contribution in [0.5, 0.6) is 0 Å². The van der Waals surface area contributed by atoms with Crippen molar-refractivity contribution in [2.75, 3.05) is 19.6 Å². The molecule has 2 aliphatic rings. The van der Waals surface area contributed by atoms with E-state index in [1.807, 2.05) is 6.20 Å². The van der Waals surface area contributed by atoms with Crippen LogP contribution in [0.15, 0.2) is 42.7 Å². The zero-order chi connectivity index (χ0) is 16.4. The van der Waals surface area contributed by atoms with E-state index in [-0.39, 0.29) is 0 Å². The van der Waals surface area contributed by atoms with Crippen LogP contribution in [-0.2, 0) is 20.0 Å². The molecule has 2 heterocycles. The highest BCUT2D eigenvalue weighted by molar-refractivity contribution is 5.16. The number of nitrogens with one attached hydrogen (secondary N) is 1. The van der Waals surface area contributed by atoms with Gasteiger partial charge in [0.15, 0.2) is 0 Å². The molecule has 1 aliphatic heterocycles. The number of nitrogens with zero attached hydrogens (tertiary/aromatic N) is 3. The van der Waals surface area contributed by atoms with Crippen LogP contribution in [0.4, 0.5) is 0 Å². The first-order valence-electron chi connectivity index (χ1n) is 9.22. The van der Waals surface area contributed by atoms with Gasteiger partial charge in [0.05, 0.1) is 6.54 Å². The summed E-state index contributed by atoms with van der Waals surface area (Å²) in [6.45, 7) is 4.46. The van der Waals surface area contributed by atoms with Crippen molar-refractivity contribution >= 4 is 0 Å². The monoisotopic (exact) mass is 324 g/mol. The van der Waals surface area contributed by atoms with Crippen LogP contribution in [0, 0.1) is 5.41 Å². The summed E-state index contributed by atoms with van der Waals surface area (Å²) >= 11 is 0. The van der Waals surface area contributed by atoms with Crippen molar-refractivity contribution in [2.45, 2.75) is 38.3 Å². The molecule has 24 heavy (non-hydrogen) atoms. The molecule has 1 aliphatic carbocycles. The predicted molar refractivity (Wildman–Crippen MR) is 96.7 cm³/mol. The second-order valence-electron chi connectivity index (χ2n) is 7.49. The number of aromatic nitrogens is 2. The predicted octanol–water partition coefficient (Wildman–Crippen LogP) is 2.61. The summed E-state index contributed by atoms with van der Waals surface area (Å²) in [4.78, 5) is 7.26. The maximum absolute atomic E-state index is 4.56. The molecular weight excluding hydrogens is 296 g/mol. The third-order valence-corrected chi connectivity index (χ3v) is 5.98. The lowest BCUT2D eigenvalue weighted by Gasteiger charge is -2.29. The van der Waals surface area contributed by atoms with Crippen LogP contribution < -0.4 is 5.32 Å². The summed E-state index contributed by atoms with van der Waals surface area (Å²) in [5.41, 5.74) is 2.01. The third kappa shape index (κ3) is 3.26. The van der Waals surface area contributed by atoms with Crippen molar-refractivity contribution in [3.63, 3.8) is 0 Å². The lowest BCUT2D eigenvalue weighted by atomic mass is 9.93. The molecule has 1 aromatic heterocycles. The van der Waals surface area contributed by atoms with E-state index >= 15 is 0 Å². The number of imidazole rings is 1. The Kier molecular flexibility index (Phi) is 4.42. The number of hydrogen-bond donors (Lipinski definition) is 1. The van der Waals surface area contributed by atoms with Crippen LogP contribution >= 0.6 is 0 Å². The summed E-state index contributed by atoms with van der Waals surface area (Å²) in [5.74, 6) is 1.18. The van der Waals surface area contributed by atoms with Crippen molar-refractivity contribution in [1.29, 1.82) is 0 Å². The second kappa shape index (κ2) is 6.69. The molecule has 1 saturated heterocycles. The van der Waals surface area contributed by atoms with Crippen molar-refractivity contribution in [1.82, 2.24) is 19.8 Å². The molecule has 1 N–H and O–H groups in total. The Morgan fingerprint density at radius 3 is 2.75 bits per heavy atom. The van der Waals surface area contributed by atoms with E-state index in [1.54, 1.807) is 0 Å². The molecule has 1 saturated carbocycles. The highest BCUT2D eigenvalue weighted by Gasteiger charge is 2.56. The first-order chi connectivity index (χ1) is 11.8. The normalized spacial score (nSPS) is 22.2.